The second kappa shape index (κ2) is 9.49. The zero-order valence-electron chi connectivity index (χ0n) is 17.1. The van der Waals surface area contributed by atoms with Crippen molar-refractivity contribution < 1.29 is 30.2 Å². The summed E-state index contributed by atoms with van der Waals surface area (Å²) in [5.41, 5.74) is 1.84. The number of benzene rings is 3. The zero-order chi connectivity index (χ0) is 23.4. The Kier molecular flexibility index (Phi) is 6.94. The van der Waals surface area contributed by atoms with Crippen molar-refractivity contribution in [3.63, 3.8) is 0 Å². The molecule has 0 saturated heterocycles. The van der Waals surface area contributed by atoms with E-state index in [1.807, 2.05) is 0 Å². The van der Waals surface area contributed by atoms with Crippen LogP contribution in [0.15, 0.2) is 88.7 Å². The summed E-state index contributed by atoms with van der Waals surface area (Å²) in [6.45, 7) is 3.52. The minimum absolute atomic E-state index is 0.211. The van der Waals surface area contributed by atoms with Crippen molar-refractivity contribution >= 4 is 32.0 Å². The van der Waals surface area contributed by atoms with Crippen LogP contribution in [0.25, 0.3) is 0 Å². The predicted octanol–water partition coefficient (Wildman–Crippen LogP) is 3.78. The number of rotatable bonds is 7. The van der Waals surface area contributed by atoms with Gasteiger partial charge in [0.05, 0.1) is 9.79 Å². The van der Waals surface area contributed by atoms with Gasteiger partial charge in [0, 0.05) is 5.69 Å². The van der Waals surface area contributed by atoms with Crippen molar-refractivity contribution in [1.29, 1.82) is 0 Å². The Morgan fingerprint density at radius 1 is 0.688 bits per heavy atom. The Bertz CT molecular complexity index is 1210. The van der Waals surface area contributed by atoms with Gasteiger partial charge in [-0.05, 0) is 55.5 Å². The lowest BCUT2D eigenvalue weighted by atomic mass is 10.2. The zero-order valence-corrected chi connectivity index (χ0v) is 18.8. The Hall–Kier alpha value is -3.25. The summed E-state index contributed by atoms with van der Waals surface area (Å²) >= 11 is 0. The summed E-state index contributed by atoms with van der Waals surface area (Å²) in [5.74, 6) is 0. The number of amides is 2. The quantitative estimate of drug-likeness (QED) is 0.516. The highest BCUT2D eigenvalue weighted by Crippen LogP contribution is 2.20. The van der Waals surface area contributed by atoms with Gasteiger partial charge in [0.2, 0.25) is 0 Å². The molecule has 168 valence electrons. The maximum Gasteiger partial charge on any atom is 0.373 e. The molecule has 0 aliphatic heterocycles. The van der Waals surface area contributed by atoms with Crippen molar-refractivity contribution in [2.75, 3.05) is 5.32 Å². The molecule has 0 unspecified atom stereocenters. The number of carbonyl (C=O) groups excluding carboxylic acids is 1. The summed E-state index contributed by atoms with van der Waals surface area (Å²) in [6.07, 6.45) is 0. The van der Waals surface area contributed by atoms with E-state index in [9.17, 15) is 21.6 Å². The van der Waals surface area contributed by atoms with Gasteiger partial charge in [-0.15, -0.1) is 8.57 Å². The average Bonchev–Trinajstić information content (AvgIpc) is 2.74. The molecule has 0 radical (unpaired) electrons. The van der Waals surface area contributed by atoms with Gasteiger partial charge >= 0.3 is 26.3 Å². The third-order valence-electron chi connectivity index (χ3n) is 4.14. The van der Waals surface area contributed by atoms with Crippen LogP contribution in [0, 0.1) is 13.8 Å². The Balaban J connectivity index is 1.92. The van der Waals surface area contributed by atoms with E-state index in [4.69, 9.17) is 8.57 Å². The summed E-state index contributed by atoms with van der Waals surface area (Å²) < 4.78 is 60.2. The summed E-state index contributed by atoms with van der Waals surface area (Å²) in [5, 5.41) is 2.11. The number of hydrogen-bond donors (Lipinski definition) is 1. The highest BCUT2D eigenvalue weighted by Gasteiger charge is 2.31. The maximum atomic E-state index is 12.7. The van der Waals surface area contributed by atoms with Crippen LogP contribution in [0.4, 0.5) is 10.5 Å². The SMILES string of the molecule is Cc1ccc(S(=O)(=O)ON(OS(=O)(=O)c2ccc(C)cc2)C(=O)Nc2ccccc2)cc1. The first-order valence-electron chi connectivity index (χ1n) is 9.25. The number of hydroxylamine groups is 2. The van der Waals surface area contributed by atoms with Gasteiger partial charge in [-0.1, -0.05) is 53.6 Å². The lowest BCUT2D eigenvalue weighted by Gasteiger charge is -2.20. The molecule has 0 heterocycles. The van der Waals surface area contributed by atoms with Crippen molar-refractivity contribution in [3.8, 4) is 0 Å². The number of hydrogen-bond acceptors (Lipinski definition) is 7. The normalized spacial score (nSPS) is 11.7. The van der Waals surface area contributed by atoms with Gasteiger partial charge < -0.3 is 5.32 Å². The van der Waals surface area contributed by atoms with Gasteiger partial charge in [-0.2, -0.15) is 16.8 Å². The van der Waals surface area contributed by atoms with E-state index in [2.05, 4.69) is 5.32 Å². The fourth-order valence-corrected chi connectivity index (χ4v) is 4.15. The minimum Gasteiger partial charge on any atom is -0.304 e. The average molecular weight is 477 g/mol. The third-order valence-corrected chi connectivity index (χ3v) is 6.50. The van der Waals surface area contributed by atoms with Crippen LogP contribution in [0.2, 0.25) is 0 Å². The fourth-order valence-electron chi connectivity index (χ4n) is 2.44. The lowest BCUT2D eigenvalue weighted by Crippen LogP contribution is -2.38. The molecule has 0 fully saturated rings. The van der Waals surface area contributed by atoms with Crippen LogP contribution in [0.5, 0.6) is 0 Å². The number of carbonyl (C=O) groups is 1. The summed E-state index contributed by atoms with van der Waals surface area (Å²) in [7, 11) is -9.20. The first-order chi connectivity index (χ1) is 15.1. The smallest absolute Gasteiger partial charge is 0.304 e. The molecular formula is C21H20N2O7S2. The molecule has 1 N–H and O–H groups in total. The van der Waals surface area contributed by atoms with E-state index in [1.165, 1.54) is 60.7 Å². The van der Waals surface area contributed by atoms with Crippen molar-refractivity contribution in [2.24, 2.45) is 0 Å². The maximum absolute atomic E-state index is 12.7. The van der Waals surface area contributed by atoms with Crippen LogP contribution in [-0.4, -0.2) is 28.1 Å². The topological polar surface area (TPSA) is 119 Å². The lowest BCUT2D eigenvalue weighted by molar-refractivity contribution is -0.196. The first kappa shape index (κ1) is 23.4. The van der Waals surface area contributed by atoms with Gasteiger partial charge in [0.1, 0.15) is 0 Å². The molecule has 0 aliphatic rings. The van der Waals surface area contributed by atoms with Crippen LogP contribution in [0.1, 0.15) is 11.1 Å². The van der Waals surface area contributed by atoms with Crippen molar-refractivity contribution in [3.05, 3.63) is 90.0 Å². The molecule has 32 heavy (non-hydrogen) atoms. The van der Waals surface area contributed by atoms with E-state index >= 15 is 0 Å². The minimum atomic E-state index is -4.60. The van der Waals surface area contributed by atoms with Gasteiger partial charge in [-0.3, -0.25) is 0 Å². The summed E-state index contributed by atoms with van der Waals surface area (Å²) in [4.78, 5) is 12.1. The standard InChI is InChI=1S/C21H20N2O7S2/c1-16-8-12-19(13-9-16)31(25,26)29-23(21(24)22-18-6-4-3-5-7-18)30-32(27,28)20-14-10-17(2)11-15-20/h3-15H,1-2H3,(H,22,24). The van der Waals surface area contributed by atoms with E-state index in [0.717, 1.165) is 11.1 Å². The van der Waals surface area contributed by atoms with Crippen LogP contribution in [0.3, 0.4) is 0 Å². The number of aryl methyl sites for hydroxylation is 2. The van der Waals surface area contributed by atoms with E-state index in [1.54, 1.807) is 32.0 Å². The second-order valence-electron chi connectivity index (χ2n) is 6.74. The van der Waals surface area contributed by atoms with E-state index in [0.29, 0.717) is 0 Å². The van der Waals surface area contributed by atoms with Crippen molar-refractivity contribution in [2.45, 2.75) is 23.6 Å². The number of urea groups is 1. The molecule has 0 saturated carbocycles. The van der Waals surface area contributed by atoms with Crippen LogP contribution in [-0.2, 0) is 28.8 Å². The highest BCUT2D eigenvalue weighted by atomic mass is 32.2. The number of para-hydroxylation sites is 1. The molecule has 0 atom stereocenters. The van der Waals surface area contributed by atoms with Crippen LogP contribution < -0.4 is 5.32 Å². The first-order valence-corrected chi connectivity index (χ1v) is 12.1. The third kappa shape index (κ3) is 5.92. The molecule has 2 amide bonds. The molecular weight excluding hydrogens is 456 g/mol. The van der Waals surface area contributed by atoms with Gasteiger partial charge in [0.15, 0.2) is 0 Å². The second-order valence-corrected chi connectivity index (χ2v) is 9.79. The molecule has 0 aliphatic carbocycles. The molecule has 0 aromatic heterocycles. The van der Waals surface area contributed by atoms with Gasteiger partial charge in [0.25, 0.3) is 0 Å². The summed E-state index contributed by atoms with van der Waals surface area (Å²) in [6, 6.07) is 17.8. The molecule has 3 aromatic carbocycles. The number of nitrogens with zero attached hydrogens (tertiary/aromatic N) is 1. The Morgan fingerprint density at radius 3 is 1.50 bits per heavy atom. The predicted molar refractivity (Wildman–Crippen MR) is 116 cm³/mol. The molecule has 3 aromatic rings. The van der Waals surface area contributed by atoms with Gasteiger partial charge in [-0.25, -0.2) is 4.79 Å². The van der Waals surface area contributed by atoms with Crippen LogP contribution >= 0.6 is 0 Å². The Morgan fingerprint density at radius 2 is 1.09 bits per heavy atom. The highest BCUT2D eigenvalue weighted by molar-refractivity contribution is 7.87. The largest absolute Gasteiger partial charge is 0.373 e. The van der Waals surface area contributed by atoms with Crippen molar-refractivity contribution in [1.82, 2.24) is 5.23 Å². The van der Waals surface area contributed by atoms with E-state index < -0.39 is 26.3 Å². The number of nitrogens with one attached hydrogen (secondary N) is 1. The molecule has 9 nitrogen and oxygen atoms in total. The molecule has 0 bridgehead atoms. The van der Waals surface area contributed by atoms with E-state index in [-0.39, 0.29) is 20.7 Å². The Labute approximate surface area is 186 Å². The fraction of sp³-hybridized carbons (Fsp3) is 0.0952. The number of anilines is 1. The molecule has 11 heteroatoms. The monoisotopic (exact) mass is 476 g/mol. The molecule has 3 rings (SSSR count). The molecule has 0 spiro atoms.